The number of alkyl halides is 3. The molecule has 0 amide bonds. The van der Waals surface area contributed by atoms with Gasteiger partial charge in [-0.2, -0.15) is 13.2 Å². The first-order valence-corrected chi connectivity index (χ1v) is 10.6. The number of nitrogens with zero attached hydrogens (tertiary/aromatic N) is 4. The molecule has 16 heteroatoms. The van der Waals surface area contributed by atoms with Crippen LogP contribution in [-0.2, 0) is 16.2 Å². The van der Waals surface area contributed by atoms with E-state index in [1.54, 1.807) is 19.1 Å². The molecule has 0 saturated carbocycles. The van der Waals surface area contributed by atoms with Crippen LogP contribution in [0.2, 0.25) is 5.02 Å². The SMILES string of the molecule is Cc1ccc(S(=O)(=O)NNc2ncnc(Nc3ncc(C(F)(F)F)cc3Cl)c2[N+](=O)[O-])cc1. The smallest absolute Gasteiger partial charge is 0.318 e. The molecule has 0 unspecified atom stereocenters. The number of hydrogen-bond acceptors (Lipinski definition) is 9. The Morgan fingerprint density at radius 3 is 2.27 bits per heavy atom. The lowest BCUT2D eigenvalue weighted by Gasteiger charge is -2.12. The highest BCUT2D eigenvalue weighted by molar-refractivity contribution is 7.89. The lowest BCUT2D eigenvalue weighted by atomic mass is 10.2. The van der Waals surface area contributed by atoms with E-state index in [0.717, 1.165) is 11.9 Å². The van der Waals surface area contributed by atoms with Crippen molar-refractivity contribution in [1.29, 1.82) is 0 Å². The highest BCUT2D eigenvalue weighted by Crippen LogP contribution is 2.35. The third-order valence-corrected chi connectivity index (χ3v) is 5.60. The van der Waals surface area contributed by atoms with Crippen LogP contribution in [0.4, 0.5) is 36.3 Å². The Bertz CT molecular complexity index is 1300. The van der Waals surface area contributed by atoms with E-state index in [9.17, 15) is 31.7 Å². The standard InChI is InChI=1S/C17H13ClF3N7O4S/c1-9-2-4-11(5-3-9)33(31,32)27-26-16-13(28(29)30)15(23-8-24-16)25-14-12(18)6-10(7-22-14)17(19,20)21/h2-8,27H,1H3,(H2,22,23,24,25,26). The molecule has 2 heterocycles. The Labute approximate surface area is 189 Å². The van der Waals surface area contributed by atoms with Crippen molar-refractivity contribution in [2.24, 2.45) is 0 Å². The molecule has 3 N–H and O–H groups in total. The van der Waals surface area contributed by atoms with Crippen LogP contribution in [0.15, 0.2) is 47.8 Å². The zero-order chi connectivity index (χ0) is 24.4. The van der Waals surface area contributed by atoms with E-state index in [0.29, 0.717) is 12.3 Å². The molecule has 0 aliphatic rings. The first kappa shape index (κ1) is 24.1. The molecule has 0 bridgehead atoms. The van der Waals surface area contributed by atoms with Crippen LogP contribution in [0.5, 0.6) is 0 Å². The number of hydrazine groups is 1. The summed E-state index contributed by atoms with van der Waals surface area (Å²) in [7, 11) is -4.12. The minimum Gasteiger partial charge on any atom is -0.318 e. The Balaban J connectivity index is 1.89. The van der Waals surface area contributed by atoms with Crippen molar-refractivity contribution >= 4 is 44.8 Å². The van der Waals surface area contributed by atoms with Crippen molar-refractivity contribution < 1.29 is 26.5 Å². The van der Waals surface area contributed by atoms with Crippen LogP contribution >= 0.6 is 11.6 Å². The number of benzene rings is 1. The fourth-order valence-corrected chi connectivity index (χ4v) is 3.48. The van der Waals surface area contributed by atoms with E-state index in [2.05, 4.69) is 25.7 Å². The van der Waals surface area contributed by atoms with Gasteiger partial charge in [0.1, 0.15) is 6.33 Å². The van der Waals surface area contributed by atoms with Crippen molar-refractivity contribution in [3.8, 4) is 0 Å². The maximum atomic E-state index is 12.8. The van der Waals surface area contributed by atoms with Gasteiger partial charge in [-0.3, -0.25) is 15.5 Å². The molecule has 3 aromatic rings. The summed E-state index contributed by atoms with van der Waals surface area (Å²) < 4.78 is 63.2. The van der Waals surface area contributed by atoms with E-state index < -0.39 is 49.0 Å². The number of rotatable bonds is 7. The van der Waals surface area contributed by atoms with Gasteiger partial charge in [0.15, 0.2) is 5.82 Å². The van der Waals surface area contributed by atoms with Gasteiger partial charge in [0.2, 0.25) is 11.6 Å². The van der Waals surface area contributed by atoms with Crippen molar-refractivity contribution in [3.05, 3.63) is 69.1 Å². The minimum absolute atomic E-state index is 0.114. The Morgan fingerprint density at radius 1 is 1.06 bits per heavy atom. The zero-order valence-corrected chi connectivity index (χ0v) is 18.0. The number of aromatic nitrogens is 3. The fourth-order valence-electron chi connectivity index (χ4n) is 2.42. The molecule has 1 aromatic carbocycles. The number of aryl methyl sites for hydroxylation is 1. The molecular formula is C17H13ClF3N7O4S. The summed E-state index contributed by atoms with van der Waals surface area (Å²) in [6.07, 6.45) is -3.35. The highest BCUT2D eigenvalue weighted by atomic mass is 35.5. The number of pyridine rings is 1. The second-order valence-electron chi connectivity index (χ2n) is 6.40. The summed E-state index contributed by atoms with van der Waals surface area (Å²) in [6.45, 7) is 1.76. The van der Waals surface area contributed by atoms with Crippen LogP contribution in [0.25, 0.3) is 0 Å². The fraction of sp³-hybridized carbons (Fsp3) is 0.118. The number of halogens is 4. The van der Waals surface area contributed by atoms with Crippen molar-refractivity contribution in [3.63, 3.8) is 0 Å². The van der Waals surface area contributed by atoms with Gasteiger partial charge in [-0.25, -0.2) is 23.4 Å². The third kappa shape index (κ3) is 5.63. The van der Waals surface area contributed by atoms with Gasteiger partial charge in [0.25, 0.3) is 10.0 Å². The van der Waals surface area contributed by atoms with Crippen molar-refractivity contribution in [1.82, 2.24) is 19.8 Å². The highest BCUT2D eigenvalue weighted by Gasteiger charge is 2.32. The predicted molar refractivity (Wildman–Crippen MR) is 111 cm³/mol. The maximum Gasteiger partial charge on any atom is 0.417 e. The maximum absolute atomic E-state index is 12.8. The van der Waals surface area contributed by atoms with Gasteiger partial charge in [-0.15, -0.1) is 4.83 Å². The third-order valence-electron chi connectivity index (χ3n) is 4.05. The molecule has 0 fully saturated rings. The van der Waals surface area contributed by atoms with E-state index in [-0.39, 0.29) is 10.7 Å². The van der Waals surface area contributed by atoms with Gasteiger partial charge in [-0.1, -0.05) is 29.3 Å². The Kier molecular flexibility index (Phi) is 6.66. The summed E-state index contributed by atoms with van der Waals surface area (Å²) in [4.78, 5) is 23.4. The van der Waals surface area contributed by atoms with Gasteiger partial charge < -0.3 is 5.32 Å². The first-order valence-electron chi connectivity index (χ1n) is 8.72. The summed E-state index contributed by atoms with van der Waals surface area (Å²) >= 11 is 5.81. The van der Waals surface area contributed by atoms with Crippen molar-refractivity contribution in [2.45, 2.75) is 18.0 Å². The number of sulfonamides is 1. The number of nitro groups is 1. The zero-order valence-electron chi connectivity index (χ0n) is 16.4. The van der Waals surface area contributed by atoms with Crippen LogP contribution in [0, 0.1) is 17.0 Å². The average Bonchev–Trinajstić information content (AvgIpc) is 2.73. The summed E-state index contributed by atoms with van der Waals surface area (Å²) in [5.74, 6) is -1.39. The first-order chi connectivity index (χ1) is 15.4. The molecule has 0 aliphatic carbocycles. The van der Waals surface area contributed by atoms with Crippen LogP contribution in [-0.4, -0.2) is 28.3 Å². The van der Waals surface area contributed by atoms with E-state index >= 15 is 0 Å². The van der Waals surface area contributed by atoms with Crippen LogP contribution in [0.1, 0.15) is 11.1 Å². The molecule has 0 aliphatic heterocycles. The Hall–Kier alpha value is -3.56. The number of nitrogens with one attached hydrogen (secondary N) is 3. The lowest BCUT2D eigenvalue weighted by molar-refractivity contribution is -0.383. The van der Waals surface area contributed by atoms with Gasteiger partial charge in [0, 0.05) is 6.20 Å². The molecule has 2 aromatic heterocycles. The number of hydrogen-bond donors (Lipinski definition) is 3. The van der Waals surface area contributed by atoms with E-state index in [1.165, 1.54) is 12.1 Å². The van der Waals surface area contributed by atoms with E-state index in [4.69, 9.17) is 11.6 Å². The molecular weight excluding hydrogens is 491 g/mol. The average molecular weight is 504 g/mol. The molecule has 0 saturated heterocycles. The molecule has 0 spiro atoms. The van der Waals surface area contributed by atoms with Gasteiger partial charge in [-0.05, 0) is 25.1 Å². The lowest BCUT2D eigenvalue weighted by Crippen LogP contribution is -2.30. The molecule has 174 valence electrons. The predicted octanol–water partition coefficient (Wildman–Crippen LogP) is 3.81. The minimum atomic E-state index is -4.69. The summed E-state index contributed by atoms with van der Waals surface area (Å²) in [5, 5.41) is 13.5. The molecule has 0 radical (unpaired) electrons. The number of anilines is 3. The van der Waals surface area contributed by atoms with Gasteiger partial charge >= 0.3 is 11.9 Å². The van der Waals surface area contributed by atoms with Gasteiger partial charge in [0.05, 0.1) is 20.4 Å². The normalized spacial score (nSPS) is 11.8. The van der Waals surface area contributed by atoms with E-state index in [1.807, 2.05) is 4.83 Å². The second-order valence-corrected chi connectivity index (χ2v) is 8.49. The quantitative estimate of drug-likeness (QED) is 0.322. The van der Waals surface area contributed by atoms with Crippen LogP contribution < -0.4 is 15.6 Å². The Morgan fingerprint density at radius 2 is 1.70 bits per heavy atom. The molecule has 0 atom stereocenters. The van der Waals surface area contributed by atoms with Crippen molar-refractivity contribution in [2.75, 3.05) is 10.7 Å². The largest absolute Gasteiger partial charge is 0.417 e. The topological polar surface area (TPSA) is 152 Å². The monoisotopic (exact) mass is 503 g/mol. The molecule has 3 rings (SSSR count). The second kappa shape index (κ2) is 9.13. The van der Waals surface area contributed by atoms with Crippen LogP contribution in [0.3, 0.4) is 0 Å². The summed E-state index contributed by atoms with van der Waals surface area (Å²) in [5.41, 5.74) is 1.02. The summed E-state index contributed by atoms with van der Waals surface area (Å²) in [6, 6.07) is 6.37. The molecule has 33 heavy (non-hydrogen) atoms. The molecule has 11 nitrogen and oxygen atoms in total.